The largest absolute Gasteiger partial charge is 0.393 e. The molecule has 3 heterocycles. The number of nitrogens with two attached hydrogens (primary N) is 2. The zero-order chi connectivity index (χ0) is 28.3. The van der Waals surface area contributed by atoms with Crippen molar-refractivity contribution >= 4 is 17.6 Å². The minimum Gasteiger partial charge on any atom is -0.393 e. The minimum atomic E-state index is -3.00. The maximum Gasteiger partial charge on any atom is 0.270 e. The van der Waals surface area contributed by atoms with Crippen LogP contribution in [0.1, 0.15) is 42.4 Å². The Bertz CT molecular complexity index is 1270. The summed E-state index contributed by atoms with van der Waals surface area (Å²) in [5.41, 5.74) is 7.19. The predicted molar refractivity (Wildman–Crippen MR) is 140 cm³/mol. The van der Waals surface area contributed by atoms with Crippen LogP contribution >= 0.6 is 0 Å². The molecule has 13 heteroatoms. The third-order valence-corrected chi connectivity index (χ3v) is 5.47. The number of anilines is 1. The van der Waals surface area contributed by atoms with Crippen LogP contribution in [0, 0.1) is 0 Å². The zero-order valence-corrected chi connectivity index (χ0v) is 21.5. The van der Waals surface area contributed by atoms with Crippen molar-refractivity contribution in [3.8, 4) is 0 Å². The van der Waals surface area contributed by atoms with E-state index in [1.165, 1.54) is 29.5 Å². The molecule has 206 valence electrons. The second-order valence-electron chi connectivity index (χ2n) is 8.84. The van der Waals surface area contributed by atoms with E-state index in [4.69, 9.17) is 11.6 Å². The molecular weight excluding hydrogens is 508 g/mol. The Balaban J connectivity index is 1.36. The second-order valence-corrected chi connectivity index (χ2v) is 8.84. The number of carbonyl (C=O) groups excluding carboxylic acids is 2. The molecule has 0 aliphatic carbocycles. The Morgan fingerprint density at radius 1 is 1.03 bits per heavy atom. The van der Waals surface area contributed by atoms with E-state index < -0.39 is 11.8 Å². The first kappa shape index (κ1) is 29.0. The van der Waals surface area contributed by atoms with E-state index in [9.17, 15) is 18.4 Å². The van der Waals surface area contributed by atoms with Crippen molar-refractivity contribution < 1.29 is 18.4 Å². The summed E-state index contributed by atoms with van der Waals surface area (Å²) < 4.78 is 26.9. The highest BCUT2D eigenvalue weighted by molar-refractivity contribution is 5.92. The SMILES string of the molecule is CC(F)(F)c1ccnc(CNC(=O)/C(N)=C/N(N)CCCCc2ccc(NC(=O)Cc3ccccn3)nn2)c1. The summed E-state index contributed by atoms with van der Waals surface area (Å²) in [5.74, 6) is 2.45. The van der Waals surface area contributed by atoms with Gasteiger partial charge in [-0.15, -0.1) is 5.10 Å². The quantitative estimate of drug-likeness (QED) is 0.110. The third-order valence-electron chi connectivity index (χ3n) is 5.47. The molecular formula is C26H31F2N9O2. The van der Waals surface area contributed by atoms with E-state index in [0.717, 1.165) is 19.0 Å². The van der Waals surface area contributed by atoms with E-state index in [0.29, 0.717) is 30.9 Å². The highest BCUT2D eigenvalue weighted by Crippen LogP contribution is 2.26. The number of hydrogen-bond acceptors (Lipinski definition) is 9. The maximum atomic E-state index is 13.5. The molecule has 11 nitrogen and oxygen atoms in total. The minimum absolute atomic E-state index is 0.0599. The predicted octanol–water partition coefficient (Wildman–Crippen LogP) is 2.17. The smallest absolute Gasteiger partial charge is 0.270 e. The standard InChI is InChI=1S/C26H31F2N9O2/c1-26(27,28)18-10-12-32-21(14-18)16-33-25(39)22(29)17-37(30)13-5-3-6-19-8-9-23(36-35-19)34-24(38)15-20-7-2-4-11-31-20/h2,4,7-12,14,17H,3,5-6,13,15-16,29-30H2,1H3,(H,33,39)(H,34,36,38)/b22-17-. The number of amides is 2. The van der Waals surface area contributed by atoms with Gasteiger partial charge in [0.2, 0.25) is 5.91 Å². The number of rotatable bonds is 13. The lowest BCUT2D eigenvalue weighted by Gasteiger charge is -2.15. The number of carbonyl (C=O) groups is 2. The number of aryl methyl sites for hydroxylation is 1. The number of alkyl halides is 2. The van der Waals surface area contributed by atoms with Gasteiger partial charge < -0.3 is 21.4 Å². The van der Waals surface area contributed by atoms with E-state index >= 15 is 0 Å². The van der Waals surface area contributed by atoms with Crippen molar-refractivity contribution in [3.05, 3.63) is 89.4 Å². The van der Waals surface area contributed by atoms with Crippen molar-refractivity contribution in [2.24, 2.45) is 11.6 Å². The molecule has 0 bridgehead atoms. The zero-order valence-electron chi connectivity index (χ0n) is 21.5. The summed E-state index contributed by atoms with van der Waals surface area (Å²) in [6.07, 6.45) is 6.42. The van der Waals surface area contributed by atoms with Gasteiger partial charge in [0.1, 0.15) is 5.70 Å². The van der Waals surface area contributed by atoms with Crippen LogP contribution in [0.5, 0.6) is 0 Å². The van der Waals surface area contributed by atoms with E-state index in [2.05, 4.69) is 30.8 Å². The Kier molecular flexibility index (Phi) is 10.3. The highest BCUT2D eigenvalue weighted by atomic mass is 19.3. The molecule has 2 amide bonds. The van der Waals surface area contributed by atoms with Gasteiger partial charge in [0.05, 0.1) is 24.4 Å². The summed E-state index contributed by atoms with van der Waals surface area (Å²) in [7, 11) is 0. The summed E-state index contributed by atoms with van der Waals surface area (Å²) in [5, 5.41) is 14.7. The highest BCUT2D eigenvalue weighted by Gasteiger charge is 2.24. The Labute approximate surface area is 224 Å². The number of nitrogens with zero attached hydrogens (tertiary/aromatic N) is 5. The van der Waals surface area contributed by atoms with Gasteiger partial charge in [0, 0.05) is 43.3 Å². The normalized spacial score (nSPS) is 11.6. The topological polar surface area (TPSA) is 165 Å². The molecule has 0 unspecified atom stereocenters. The van der Waals surface area contributed by atoms with Gasteiger partial charge in [0.25, 0.3) is 11.8 Å². The number of hydrazine groups is 1. The molecule has 0 spiro atoms. The molecule has 0 saturated carbocycles. The summed E-state index contributed by atoms with van der Waals surface area (Å²) in [6, 6.07) is 11.3. The van der Waals surface area contributed by atoms with Gasteiger partial charge in [-0.05, 0) is 55.7 Å². The molecule has 3 rings (SSSR count). The number of unbranched alkanes of at least 4 members (excludes halogenated alkanes) is 1. The summed E-state index contributed by atoms with van der Waals surface area (Å²) >= 11 is 0. The second kappa shape index (κ2) is 13.9. The molecule has 6 N–H and O–H groups in total. The molecule has 0 aliphatic heterocycles. The number of aromatic nitrogens is 4. The Hall–Kier alpha value is -4.52. The first-order valence-electron chi connectivity index (χ1n) is 12.2. The van der Waals surface area contributed by atoms with Crippen LogP contribution < -0.4 is 22.2 Å². The average Bonchev–Trinajstić information content (AvgIpc) is 2.91. The van der Waals surface area contributed by atoms with Crippen molar-refractivity contribution in [2.75, 3.05) is 11.9 Å². The molecule has 39 heavy (non-hydrogen) atoms. The number of nitrogens with one attached hydrogen (secondary N) is 2. The maximum absolute atomic E-state index is 13.5. The van der Waals surface area contributed by atoms with Crippen molar-refractivity contribution in [2.45, 2.75) is 45.1 Å². The molecule has 0 atom stereocenters. The van der Waals surface area contributed by atoms with Crippen LogP contribution in [0.3, 0.4) is 0 Å². The lowest BCUT2D eigenvalue weighted by atomic mass is 10.1. The van der Waals surface area contributed by atoms with Gasteiger partial charge in [-0.3, -0.25) is 19.6 Å². The van der Waals surface area contributed by atoms with Crippen LogP contribution in [0.4, 0.5) is 14.6 Å². The molecule has 3 aromatic heterocycles. The fourth-order valence-electron chi connectivity index (χ4n) is 3.44. The lowest BCUT2D eigenvalue weighted by molar-refractivity contribution is -0.118. The molecule has 3 aromatic rings. The molecule has 0 saturated heterocycles. The Morgan fingerprint density at radius 3 is 2.51 bits per heavy atom. The number of hydrogen-bond donors (Lipinski definition) is 4. The fraction of sp³-hybridized carbons (Fsp3) is 0.308. The van der Waals surface area contributed by atoms with Gasteiger partial charge >= 0.3 is 0 Å². The van der Waals surface area contributed by atoms with Gasteiger partial charge in [-0.1, -0.05) is 6.07 Å². The van der Waals surface area contributed by atoms with Crippen LogP contribution in [-0.2, 0) is 34.9 Å². The molecule has 0 aromatic carbocycles. The first-order chi connectivity index (χ1) is 18.6. The van der Waals surface area contributed by atoms with Crippen LogP contribution in [0.15, 0.2) is 66.8 Å². The van der Waals surface area contributed by atoms with Crippen LogP contribution in [-0.4, -0.2) is 43.5 Å². The fourth-order valence-corrected chi connectivity index (χ4v) is 3.44. The van der Waals surface area contributed by atoms with Gasteiger partial charge in [0.15, 0.2) is 5.82 Å². The summed E-state index contributed by atoms with van der Waals surface area (Å²) in [6.45, 7) is 1.16. The number of halogens is 2. The van der Waals surface area contributed by atoms with Crippen LogP contribution in [0.2, 0.25) is 0 Å². The monoisotopic (exact) mass is 539 g/mol. The van der Waals surface area contributed by atoms with Gasteiger partial charge in [-0.25, -0.2) is 14.6 Å². The summed E-state index contributed by atoms with van der Waals surface area (Å²) in [4.78, 5) is 32.4. The van der Waals surface area contributed by atoms with E-state index in [1.54, 1.807) is 30.5 Å². The van der Waals surface area contributed by atoms with Crippen LogP contribution in [0.25, 0.3) is 0 Å². The molecule has 0 aliphatic rings. The van der Waals surface area contributed by atoms with Crippen molar-refractivity contribution in [3.63, 3.8) is 0 Å². The van der Waals surface area contributed by atoms with Crippen molar-refractivity contribution in [1.82, 2.24) is 30.5 Å². The van der Waals surface area contributed by atoms with E-state index in [-0.39, 0.29) is 35.8 Å². The lowest BCUT2D eigenvalue weighted by Crippen LogP contribution is -2.33. The van der Waals surface area contributed by atoms with E-state index in [1.807, 2.05) is 6.07 Å². The van der Waals surface area contributed by atoms with Gasteiger partial charge in [-0.2, -0.15) is 5.10 Å². The average molecular weight is 540 g/mol. The Morgan fingerprint density at radius 2 is 1.82 bits per heavy atom. The van der Waals surface area contributed by atoms with Crippen molar-refractivity contribution in [1.29, 1.82) is 0 Å². The molecule has 0 radical (unpaired) electrons. The third kappa shape index (κ3) is 10.0. The molecule has 0 fully saturated rings. The number of pyridine rings is 2. The first-order valence-corrected chi connectivity index (χ1v) is 12.2.